The van der Waals surface area contributed by atoms with Gasteiger partial charge in [-0.15, -0.1) is 0 Å². The minimum Gasteiger partial charge on any atom is -0.234 e. The van der Waals surface area contributed by atoms with E-state index in [1.165, 1.54) is 6.42 Å². The standard InChI is InChI=1S/C13H25NOS.CO2/c1-9(14-16(15)13(5,6)7)10-8-11(10)12(2,3)4;2-1-3/h10-11H,8H2,1-7H3;/t10-,11+,16-;/m1./s1. The zero-order chi connectivity index (χ0) is 15.4. The Labute approximate surface area is 118 Å². The molecule has 0 N–H and O–H groups in total. The molecule has 0 saturated heterocycles. The van der Waals surface area contributed by atoms with Gasteiger partial charge in [-0.2, -0.15) is 14.0 Å². The predicted molar refractivity (Wildman–Crippen MR) is 77.1 cm³/mol. The summed E-state index contributed by atoms with van der Waals surface area (Å²) in [6.07, 6.45) is 1.46. The molecule has 0 radical (unpaired) electrons. The first-order chi connectivity index (χ1) is 8.45. The van der Waals surface area contributed by atoms with Gasteiger partial charge in [-0.3, -0.25) is 0 Å². The predicted octanol–water partition coefficient (Wildman–Crippen LogP) is 3.01. The first-order valence-electron chi connectivity index (χ1n) is 6.41. The van der Waals surface area contributed by atoms with Crippen LogP contribution >= 0.6 is 0 Å². The number of rotatable bonds is 2. The van der Waals surface area contributed by atoms with Gasteiger partial charge in [-0.1, -0.05) is 20.8 Å². The molecule has 0 bridgehead atoms. The summed E-state index contributed by atoms with van der Waals surface area (Å²) in [6.45, 7) is 14.7. The summed E-state index contributed by atoms with van der Waals surface area (Å²) in [4.78, 5) is 16.2. The smallest absolute Gasteiger partial charge is 0.234 e. The van der Waals surface area contributed by atoms with Crippen LogP contribution < -0.4 is 0 Å². The maximum atomic E-state index is 11.9. The zero-order valence-electron chi connectivity index (χ0n) is 12.9. The summed E-state index contributed by atoms with van der Waals surface area (Å²) in [5.74, 6) is 1.28. The second kappa shape index (κ2) is 6.58. The molecule has 1 aliphatic carbocycles. The number of nitrogens with zero attached hydrogens (tertiary/aromatic N) is 1. The van der Waals surface area contributed by atoms with Crippen molar-refractivity contribution in [2.24, 2.45) is 21.6 Å². The third-order valence-electron chi connectivity index (χ3n) is 3.19. The zero-order valence-corrected chi connectivity index (χ0v) is 13.8. The van der Waals surface area contributed by atoms with E-state index in [2.05, 4.69) is 25.2 Å². The van der Waals surface area contributed by atoms with E-state index >= 15 is 0 Å². The van der Waals surface area contributed by atoms with Crippen molar-refractivity contribution < 1.29 is 13.8 Å². The van der Waals surface area contributed by atoms with Crippen LogP contribution in [-0.2, 0) is 20.6 Å². The van der Waals surface area contributed by atoms with Gasteiger partial charge in [-0.05, 0) is 45.4 Å². The maximum Gasteiger partial charge on any atom is 0.373 e. The van der Waals surface area contributed by atoms with Gasteiger partial charge in [0.05, 0.1) is 4.75 Å². The molecule has 19 heavy (non-hydrogen) atoms. The number of hydrogen-bond acceptors (Lipinski definition) is 3. The van der Waals surface area contributed by atoms with Crippen molar-refractivity contribution in [1.29, 1.82) is 0 Å². The van der Waals surface area contributed by atoms with Gasteiger partial charge >= 0.3 is 6.15 Å². The quantitative estimate of drug-likeness (QED) is 0.733. The Morgan fingerprint density at radius 3 is 1.84 bits per heavy atom. The molecular weight excluding hydrogens is 262 g/mol. The fraction of sp³-hybridized carbons (Fsp3) is 0.857. The second-order valence-electron chi connectivity index (χ2n) is 6.99. The molecule has 5 heteroatoms. The topological polar surface area (TPSA) is 63.6 Å². The highest BCUT2D eigenvalue weighted by atomic mass is 32.2. The van der Waals surface area contributed by atoms with Crippen LogP contribution in [0.25, 0.3) is 0 Å². The van der Waals surface area contributed by atoms with Crippen LogP contribution in [0.1, 0.15) is 54.9 Å². The van der Waals surface area contributed by atoms with E-state index in [1.54, 1.807) is 0 Å². The summed E-state index contributed by atoms with van der Waals surface area (Å²) >= 11 is 0. The van der Waals surface area contributed by atoms with E-state index in [0.717, 1.165) is 5.71 Å². The molecule has 0 heterocycles. The molecule has 0 amide bonds. The molecule has 0 unspecified atom stereocenters. The van der Waals surface area contributed by atoms with Crippen LogP contribution in [0.2, 0.25) is 0 Å². The summed E-state index contributed by atoms with van der Waals surface area (Å²) in [7, 11) is -1.10. The molecule has 0 aromatic carbocycles. The average Bonchev–Trinajstić information content (AvgIpc) is 2.95. The highest BCUT2D eigenvalue weighted by molar-refractivity contribution is 7.85. The Kier molecular flexibility index (Phi) is 6.30. The minimum absolute atomic E-state index is 0.243. The highest BCUT2D eigenvalue weighted by Crippen LogP contribution is 2.51. The lowest BCUT2D eigenvalue weighted by Crippen LogP contribution is -2.21. The third kappa shape index (κ3) is 6.26. The van der Waals surface area contributed by atoms with Crippen LogP contribution in [0.4, 0.5) is 0 Å². The molecule has 1 rings (SSSR count). The van der Waals surface area contributed by atoms with E-state index in [0.29, 0.717) is 17.3 Å². The molecule has 0 aliphatic heterocycles. The van der Waals surface area contributed by atoms with Gasteiger partial charge in [0.25, 0.3) is 0 Å². The lowest BCUT2D eigenvalue weighted by atomic mass is 9.88. The Bertz CT molecular complexity index is 396. The van der Waals surface area contributed by atoms with E-state index in [9.17, 15) is 4.21 Å². The maximum absolute atomic E-state index is 11.9. The lowest BCUT2D eigenvalue weighted by molar-refractivity contribution is -0.191. The highest BCUT2D eigenvalue weighted by Gasteiger charge is 2.46. The van der Waals surface area contributed by atoms with E-state index in [-0.39, 0.29) is 10.9 Å². The van der Waals surface area contributed by atoms with Crippen LogP contribution in [-0.4, -0.2) is 20.8 Å². The van der Waals surface area contributed by atoms with Gasteiger partial charge in [0.15, 0.2) is 0 Å². The monoisotopic (exact) mass is 287 g/mol. The molecule has 0 spiro atoms. The Hall–Kier alpha value is -0.800. The second-order valence-corrected chi connectivity index (χ2v) is 8.90. The molecule has 1 aliphatic rings. The number of carbonyl (C=O) groups excluding carboxylic acids is 2. The third-order valence-corrected chi connectivity index (χ3v) is 4.69. The normalized spacial score (nSPS) is 24.9. The van der Waals surface area contributed by atoms with Gasteiger partial charge in [0, 0.05) is 11.6 Å². The SMILES string of the molecule is CC(=N[S@](=O)C(C)(C)C)[C@H]1C[C@@H]1C(C)(C)C.O=C=O. The number of hydrogen-bond donors (Lipinski definition) is 0. The lowest BCUT2D eigenvalue weighted by Gasteiger charge is -2.18. The molecule has 1 fully saturated rings. The van der Waals surface area contributed by atoms with Crippen LogP contribution in [0, 0.1) is 17.3 Å². The molecule has 4 nitrogen and oxygen atoms in total. The van der Waals surface area contributed by atoms with Crippen LogP contribution in [0.3, 0.4) is 0 Å². The van der Waals surface area contributed by atoms with Crippen molar-refractivity contribution in [1.82, 2.24) is 0 Å². The van der Waals surface area contributed by atoms with E-state index in [4.69, 9.17) is 9.59 Å². The van der Waals surface area contributed by atoms with E-state index < -0.39 is 11.0 Å². The molecule has 3 atom stereocenters. The molecular formula is C14H25NO3S. The minimum atomic E-state index is -1.10. The molecule has 1 saturated carbocycles. The van der Waals surface area contributed by atoms with Gasteiger partial charge < -0.3 is 0 Å². The fourth-order valence-electron chi connectivity index (χ4n) is 1.95. The Morgan fingerprint density at radius 1 is 1.16 bits per heavy atom. The van der Waals surface area contributed by atoms with Gasteiger partial charge in [0.1, 0.15) is 11.0 Å². The first kappa shape index (κ1) is 18.2. The van der Waals surface area contributed by atoms with Crippen molar-refractivity contribution in [2.45, 2.75) is 59.6 Å². The average molecular weight is 287 g/mol. The van der Waals surface area contributed by atoms with Crippen molar-refractivity contribution in [2.75, 3.05) is 0 Å². The first-order valence-corrected chi connectivity index (χ1v) is 7.52. The molecule has 0 aromatic heterocycles. The van der Waals surface area contributed by atoms with Crippen molar-refractivity contribution in [3.63, 3.8) is 0 Å². The van der Waals surface area contributed by atoms with E-state index in [1.807, 2.05) is 27.7 Å². The van der Waals surface area contributed by atoms with Gasteiger partial charge in [0.2, 0.25) is 0 Å². The Morgan fingerprint density at radius 2 is 1.58 bits per heavy atom. The van der Waals surface area contributed by atoms with Gasteiger partial charge in [-0.25, -0.2) is 4.21 Å². The summed E-state index contributed by atoms with van der Waals surface area (Å²) < 4.78 is 16.0. The summed E-state index contributed by atoms with van der Waals surface area (Å²) in [5.41, 5.74) is 1.43. The summed E-state index contributed by atoms with van der Waals surface area (Å²) in [5, 5.41) is 0. The van der Waals surface area contributed by atoms with Crippen molar-refractivity contribution in [3.05, 3.63) is 0 Å². The largest absolute Gasteiger partial charge is 0.373 e. The fourth-order valence-corrected chi connectivity index (χ4v) is 2.62. The van der Waals surface area contributed by atoms with Crippen LogP contribution in [0.5, 0.6) is 0 Å². The molecule has 110 valence electrons. The van der Waals surface area contributed by atoms with Crippen LogP contribution in [0.15, 0.2) is 4.40 Å². The molecule has 0 aromatic rings. The summed E-state index contributed by atoms with van der Waals surface area (Å²) in [6, 6.07) is 0. The Balaban J connectivity index is 0.000000982. The van der Waals surface area contributed by atoms with Crippen molar-refractivity contribution in [3.8, 4) is 0 Å². The van der Waals surface area contributed by atoms with Crippen molar-refractivity contribution >= 4 is 22.8 Å².